The van der Waals surface area contributed by atoms with Gasteiger partial charge in [-0.25, -0.2) is 0 Å². The summed E-state index contributed by atoms with van der Waals surface area (Å²) in [6, 6.07) is 24.9. The fourth-order valence-corrected chi connectivity index (χ4v) is 5.66. The molecule has 178 valence electrons. The fraction of sp³-hybridized carbons (Fsp3) is 0.182. The molecule has 0 amide bonds. The van der Waals surface area contributed by atoms with Crippen molar-refractivity contribution in [1.82, 2.24) is 0 Å². The molecule has 1 atom stereocenters. The van der Waals surface area contributed by atoms with Gasteiger partial charge in [0.25, 0.3) is 0 Å². The third-order valence-electron chi connectivity index (χ3n) is 7.32. The Morgan fingerprint density at radius 3 is 2.61 bits per heavy atom. The maximum absolute atomic E-state index is 13.7. The van der Waals surface area contributed by atoms with E-state index in [1.807, 2.05) is 61.5 Å². The molecule has 3 aromatic carbocycles. The number of anilines is 1. The van der Waals surface area contributed by atoms with E-state index in [2.05, 4.69) is 54.4 Å². The average Bonchev–Trinajstić information content (AvgIpc) is 3.20. The number of aryl methyl sites for hydroxylation is 1. The summed E-state index contributed by atoms with van der Waals surface area (Å²) >= 11 is 0. The second-order valence-electron chi connectivity index (χ2n) is 9.78. The Balaban J connectivity index is 1.40. The van der Waals surface area contributed by atoms with Crippen molar-refractivity contribution in [1.29, 1.82) is 0 Å². The fourth-order valence-electron chi connectivity index (χ4n) is 5.66. The SMILES string of the molecule is CC1=C/C(=C2\C(=O)c3ccccc3C2c2ccccc2)C=C(C=Cc2ccc3c(c2)CCCN3C)O1. The Labute approximate surface area is 212 Å². The number of benzene rings is 3. The van der Waals surface area contributed by atoms with Gasteiger partial charge in [0.1, 0.15) is 11.5 Å². The number of ether oxygens (including phenoxy) is 1. The lowest BCUT2D eigenvalue weighted by molar-refractivity contribution is 0.103. The lowest BCUT2D eigenvalue weighted by Gasteiger charge is -2.27. The first-order valence-electron chi connectivity index (χ1n) is 12.6. The van der Waals surface area contributed by atoms with Gasteiger partial charge in [0.15, 0.2) is 5.78 Å². The summed E-state index contributed by atoms with van der Waals surface area (Å²) in [4.78, 5) is 16.0. The van der Waals surface area contributed by atoms with Gasteiger partial charge in [-0.3, -0.25) is 4.79 Å². The van der Waals surface area contributed by atoms with Crippen molar-refractivity contribution in [3.8, 4) is 0 Å². The summed E-state index contributed by atoms with van der Waals surface area (Å²) in [5, 5.41) is 0. The molecule has 3 nitrogen and oxygen atoms in total. The van der Waals surface area contributed by atoms with Crippen LogP contribution in [0.15, 0.2) is 114 Å². The molecule has 3 heteroatoms. The van der Waals surface area contributed by atoms with Crippen LogP contribution in [-0.4, -0.2) is 19.4 Å². The second kappa shape index (κ2) is 9.16. The Kier molecular flexibility index (Phi) is 5.69. The molecule has 1 aliphatic carbocycles. The van der Waals surface area contributed by atoms with Gasteiger partial charge >= 0.3 is 0 Å². The number of rotatable bonds is 3. The highest BCUT2D eigenvalue weighted by Crippen LogP contribution is 2.44. The molecule has 2 aliphatic heterocycles. The summed E-state index contributed by atoms with van der Waals surface area (Å²) in [6.45, 7) is 3.05. The van der Waals surface area contributed by atoms with Crippen LogP contribution in [0.1, 0.15) is 51.9 Å². The molecule has 0 N–H and O–H groups in total. The third-order valence-corrected chi connectivity index (χ3v) is 7.32. The molecule has 6 rings (SSSR count). The van der Waals surface area contributed by atoms with Crippen LogP contribution in [0.2, 0.25) is 0 Å². The normalized spacial score (nSPS) is 21.1. The van der Waals surface area contributed by atoms with Crippen molar-refractivity contribution >= 4 is 17.5 Å². The zero-order valence-corrected chi connectivity index (χ0v) is 20.7. The van der Waals surface area contributed by atoms with Crippen molar-refractivity contribution < 1.29 is 9.53 Å². The Hall–Kier alpha value is -4.11. The number of fused-ring (bicyclic) bond motifs is 2. The molecule has 0 aromatic heterocycles. The van der Waals surface area contributed by atoms with E-state index in [0.29, 0.717) is 0 Å². The van der Waals surface area contributed by atoms with Crippen molar-refractivity contribution in [2.45, 2.75) is 25.7 Å². The minimum atomic E-state index is -0.0915. The highest BCUT2D eigenvalue weighted by Gasteiger charge is 2.37. The van der Waals surface area contributed by atoms with Gasteiger partial charge in [-0.2, -0.15) is 0 Å². The lowest BCUT2D eigenvalue weighted by Crippen LogP contribution is -2.24. The van der Waals surface area contributed by atoms with E-state index in [4.69, 9.17) is 4.74 Å². The molecular weight excluding hydrogens is 442 g/mol. The highest BCUT2D eigenvalue weighted by atomic mass is 16.5. The van der Waals surface area contributed by atoms with E-state index in [9.17, 15) is 4.79 Å². The van der Waals surface area contributed by atoms with E-state index < -0.39 is 0 Å². The predicted octanol–water partition coefficient (Wildman–Crippen LogP) is 7.23. The number of Topliss-reactive ketones (excluding diaryl/α,β-unsaturated/α-hetero) is 1. The minimum absolute atomic E-state index is 0.0915. The van der Waals surface area contributed by atoms with Crippen LogP contribution in [0.4, 0.5) is 5.69 Å². The van der Waals surface area contributed by atoms with Crippen LogP contribution in [0, 0.1) is 0 Å². The molecular formula is C33H29NO2. The maximum Gasteiger partial charge on any atom is 0.190 e. The van der Waals surface area contributed by atoms with E-state index in [0.717, 1.165) is 57.9 Å². The van der Waals surface area contributed by atoms with E-state index in [1.165, 1.54) is 17.7 Å². The first kappa shape index (κ1) is 22.4. The van der Waals surface area contributed by atoms with Gasteiger partial charge in [0.05, 0.1) is 0 Å². The van der Waals surface area contributed by atoms with Gasteiger partial charge in [-0.1, -0.05) is 66.7 Å². The van der Waals surface area contributed by atoms with Crippen LogP contribution in [0.3, 0.4) is 0 Å². The largest absolute Gasteiger partial charge is 0.462 e. The van der Waals surface area contributed by atoms with Gasteiger partial charge in [-0.05, 0) is 78.0 Å². The summed E-state index contributed by atoms with van der Waals surface area (Å²) in [7, 11) is 2.16. The monoisotopic (exact) mass is 471 g/mol. The van der Waals surface area contributed by atoms with Crippen molar-refractivity contribution in [2.75, 3.05) is 18.5 Å². The van der Waals surface area contributed by atoms with Crippen LogP contribution in [-0.2, 0) is 11.2 Å². The molecule has 0 bridgehead atoms. The summed E-state index contributed by atoms with van der Waals surface area (Å²) in [5.74, 6) is 1.52. The Bertz CT molecular complexity index is 1470. The number of carbonyl (C=O) groups is 1. The molecule has 3 aliphatic rings. The van der Waals surface area contributed by atoms with Crippen LogP contribution < -0.4 is 4.90 Å². The number of nitrogens with zero attached hydrogens (tertiary/aromatic N) is 1. The zero-order valence-electron chi connectivity index (χ0n) is 20.7. The highest BCUT2D eigenvalue weighted by molar-refractivity contribution is 6.16. The molecule has 2 heterocycles. The number of carbonyl (C=O) groups excluding carboxylic acids is 1. The van der Waals surface area contributed by atoms with E-state index in [-0.39, 0.29) is 11.7 Å². The lowest BCUT2D eigenvalue weighted by atomic mass is 9.86. The topological polar surface area (TPSA) is 29.5 Å². The zero-order chi connectivity index (χ0) is 24.6. The number of allylic oxidation sites excluding steroid dienone is 6. The van der Waals surface area contributed by atoms with Crippen LogP contribution >= 0.6 is 0 Å². The first-order chi connectivity index (χ1) is 17.6. The average molecular weight is 472 g/mol. The molecule has 0 spiro atoms. The van der Waals surface area contributed by atoms with Gasteiger partial charge < -0.3 is 9.64 Å². The molecule has 0 saturated heterocycles. The van der Waals surface area contributed by atoms with Crippen molar-refractivity contribution in [2.24, 2.45) is 0 Å². The van der Waals surface area contributed by atoms with Crippen molar-refractivity contribution in [3.63, 3.8) is 0 Å². The molecule has 3 aromatic rings. The Morgan fingerprint density at radius 2 is 1.75 bits per heavy atom. The number of hydrogen-bond donors (Lipinski definition) is 0. The first-order valence-corrected chi connectivity index (χ1v) is 12.6. The third kappa shape index (κ3) is 4.01. The number of hydrogen-bond acceptors (Lipinski definition) is 3. The quantitative estimate of drug-likeness (QED) is 0.378. The van der Waals surface area contributed by atoms with Gasteiger partial charge in [-0.15, -0.1) is 0 Å². The Morgan fingerprint density at radius 1 is 0.944 bits per heavy atom. The van der Waals surface area contributed by atoms with Crippen LogP contribution in [0.5, 0.6) is 0 Å². The maximum atomic E-state index is 13.7. The summed E-state index contributed by atoms with van der Waals surface area (Å²) in [6.07, 6.45) is 10.4. The summed E-state index contributed by atoms with van der Waals surface area (Å²) < 4.78 is 6.06. The number of ketones is 1. The smallest absolute Gasteiger partial charge is 0.190 e. The predicted molar refractivity (Wildman–Crippen MR) is 146 cm³/mol. The van der Waals surface area contributed by atoms with Crippen molar-refractivity contribution in [3.05, 3.63) is 142 Å². The second-order valence-corrected chi connectivity index (χ2v) is 9.78. The molecule has 0 fully saturated rings. The van der Waals surface area contributed by atoms with Gasteiger partial charge in [0, 0.05) is 36.3 Å². The standard InChI is InChI=1S/C33H29NO2/c1-22-19-26(21-27(36-22)16-14-23-15-17-30-25(20-23)11-8-18-34(30)2)32-31(24-9-4-3-5-10-24)28-12-6-7-13-29(28)33(32)35/h3-7,9-10,12-17,19-21,31H,8,11,18H2,1-2H3/b16-14?,32-26+. The van der Waals surface area contributed by atoms with E-state index >= 15 is 0 Å². The molecule has 0 radical (unpaired) electrons. The minimum Gasteiger partial charge on any atom is -0.462 e. The van der Waals surface area contributed by atoms with E-state index in [1.54, 1.807) is 0 Å². The summed E-state index contributed by atoms with van der Waals surface area (Å²) in [5.41, 5.74) is 8.58. The van der Waals surface area contributed by atoms with Gasteiger partial charge in [0.2, 0.25) is 0 Å². The molecule has 0 saturated carbocycles. The van der Waals surface area contributed by atoms with Crippen LogP contribution in [0.25, 0.3) is 6.08 Å². The molecule has 1 unspecified atom stereocenters. The molecule has 36 heavy (non-hydrogen) atoms.